The van der Waals surface area contributed by atoms with Crippen molar-refractivity contribution in [1.82, 2.24) is 5.32 Å². The van der Waals surface area contributed by atoms with Gasteiger partial charge >= 0.3 is 0 Å². The van der Waals surface area contributed by atoms with E-state index in [1.807, 2.05) is 13.8 Å². The van der Waals surface area contributed by atoms with Crippen LogP contribution in [0.2, 0.25) is 0 Å². The molecular weight excluding hydrogens is 208 g/mol. The van der Waals surface area contributed by atoms with Crippen LogP contribution < -0.4 is 5.32 Å². The average Bonchev–Trinajstić information content (AvgIpc) is 3.16. The molecule has 0 bridgehead atoms. The molecule has 2 nitrogen and oxygen atoms in total. The Kier molecular flexibility index (Phi) is 4.09. The summed E-state index contributed by atoms with van der Waals surface area (Å²) in [6.07, 6.45) is 9.25. The Hall–Kier alpha value is -0.550. The fourth-order valence-corrected chi connectivity index (χ4v) is 2.65. The number of unbranched alkanes of at least 4 members (excludes halogenated alkanes) is 1. The second-order valence-electron chi connectivity index (χ2n) is 6.61. The first-order chi connectivity index (χ1) is 8.12. The first-order valence-corrected chi connectivity index (χ1v) is 7.27. The standard InChI is InChI=1S/C15H26N2/c1-15(2,11-16)9-3-4-10-17-14(12-5-6-12)13-7-8-13/h12-14,17H,3-10H2,1-2H3. The highest BCUT2D eigenvalue weighted by atomic mass is 14.9. The predicted molar refractivity (Wildman–Crippen MR) is 70.5 cm³/mol. The van der Waals surface area contributed by atoms with E-state index < -0.39 is 0 Å². The maximum atomic E-state index is 8.94. The molecule has 0 heterocycles. The lowest BCUT2D eigenvalue weighted by atomic mass is 9.89. The molecule has 2 saturated carbocycles. The largest absolute Gasteiger partial charge is 0.313 e. The summed E-state index contributed by atoms with van der Waals surface area (Å²) >= 11 is 0. The smallest absolute Gasteiger partial charge is 0.0683 e. The van der Waals surface area contributed by atoms with Crippen molar-refractivity contribution in [1.29, 1.82) is 5.26 Å². The van der Waals surface area contributed by atoms with Gasteiger partial charge in [0.1, 0.15) is 0 Å². The van der Waals surface area contributed by atoms with Gasteiger partial charge in [0.05, 0.1) is 11.5 Å². The maximum absolute atomic E-state index is 8.94. The molecular formula is C15H26N2. The number of nitriles is 1. The lowest BCUT2D eigenvalue weighted by Crippen LogP contribution is -2.33. The van der Waals surface area contributed by atoms with Gasteiger partial charge in [-0.2, -0.15) is 5.26 Å². The van der Waals surface area contributed by atoms with Crippen LogP contribution in [0.3, 0.4) is 0 Å². The highest BCUT2D eigenvalue weighted by molar-refractivity contribution is 4.96. The zero-order chi connectivity index (χ0) is 12.3. The Bertz CT molecular complexity index is 270. The van der Waals surface area contributed by atoms with E-state index in [2.05, 4.69) is 11.4 Å². The van der Waals surface area contributed by atoms with Crippen molar-refractivity contribution >= 4 is 0 Å². The van der Waals surface area contributed by atoms with Crippen molar-refractivity contribution in [3.05, 3.63) is 0 Å². The molecule has 2 rings (SSSR count). The molecule has 0 aliphatic heterocycles. The van der Waals surface area contributed by atoms with Crippen LogP contribution in [-0.4, -0.2) is 12.6 Å². The second kappa shape index (κ2) is 5.40. The summed E-state index contributed by atoms with van der Waals surface area (Å²) < 4.78 is 0. The molecule has 2 heteroatoms. The second-order valence-corrected chi connectivity index (χ2v) is 6.61. The van der Waals surface area contributed by atoms with Gasteiger partial charge in [-0.3, -0.25) is 0 Å². The van der Waals surface area contributed by atoms with E-state index in [0.717, 1.165) is 30.8 Å². The number of rotatable bonds is 8. The summed E-state index contributed by atoms with van der Waals surface area (Å²) in [6.45, 7) is 5.23. The Labute approximate surface area is 106 Å². The molecule has 0 unspecified atom stereocenters. The van der Waals surface area contributed by atoms with Crippen molar-refractivity contribution in [3.63, 3.8) is 0 Å². The average molecular weight is 234 g/mol. The van der Waals surface area contributed by atoms with E-state index >= 15 is 0 Å². The summed E-state index contributed by atoms with van der Waals surface area (Å²) in [5, 5.41) is 12.7. The number of hydrogen-bond donors (Lipinski definition) is 1. The topological polar surface area (TPSA) is 35.8 Å². The van der Waals surface area contributed by atoms with E-state index in [1.54, 1.807) is 0 Å². The zero-order valence-electron chi connectivity index (χ0n) is 11.3. The molecule has 0 aromatic carbocycles. The van der Waals surface area contributed by atoms with Crippen LogP contribution in [0, 0.1) is 28.6 Å². The quantitative estimate of drug-likeness (QED) is 0.653. The molecule has 0 saturated heterocycles. The van der Waals surface area contributed by atoms with Crippen molar-refractivity contribution in [2.24, 2.45) is 17.3 Å². The van der Waals surface area contributed by atoms with E-state index in [-0.39, 0.29) is 5.41 Å². The SMILES string of the molecule is CC(C)(C#N)CCCCNC(C1CC1)C1CC1. The van der Waals surface area contributed by atoms with E-state index in [4.69, 9.17) is 5.26 Å². The third-order valence-corrected chi connectivity index (χ3v) is 4.17. The molecule has 0 spiro atoms. The summed E-state index contributed by atoms with van der Waals surface area (Å²) in [4.78, 5) is 0. The number of nitrogens with zero attached hydrogens (tertiary/aromatic N) is 1. The monoisotopic (exact) mass is 234 g/mol. The molecule has 2 fully saturated rings. The van der Waals surface area contributed by atoms with Gasteiger partial charge in [-0.1, -0.05) is 6.42 Å². The molecule has 0 aromatic rings. The Morgan fingerprint density at radius 2 is 1.76 bits per heavy atom. The lowest BCUT2D eigenvalue weighted by molar-refractivity contribution is 0.388. The van der Waals surface area contributed by atoms with Crippen LogP contribution in [-0.2, 0) is 0 Å². The van der Waals surface area contributed by atoms with Crippen LogP contribution in [0.15, 0.2) is 0 Å². The van der Waals surface area contributed by atoms with Crippen LogP contribution in [0.25, 0.3) is 0 Å². The zero-order valence-corrected chi connectivity index (χ0v) is 11.3. The summed E-state index contributed by atoms with van der Waals surface area (Å²) in [6, 6.07) is 3.21. The Balaban J connectivity index is 1.55. The first kappa shape index (κ1) is 12.9. The van der Waals surface area contributed by atoms with E-state index in [9.17, 15) is 0 Å². The minimum atomic E-state index is -0.133. The normalized spacial score (nSPS) is 20.6. The highest BCUT2D eigenvalue weighted by Crippen LogP contribution is 2.44. The van der Waals surface area contributed by atoms with Gasteiger partial charge in [0.25, 0.3) is 0 Å². The third-order valence-electron chi connectivity index (χ3n) is 4.17. The third kappa shape index (κ3) is 4.32. The van der Waals surface area contributed by atoms with Gasteiger partial charge in [0.2, 0.25) is 0 Å². The van der Waals surface area contributed by atoms with Crippen molar-refractivity contribution in [2.45, 2.75) is 64.8 Å². The van der Waals surface area contributed by atoms with Gasteiger partial charge in [-0.25, -0.2) is 0 Å². The van der Waals surface area contributed by atoms with Crippen molar-refractivity contribution in [3.8, 4) is 6.07 Å². The lowest BCUT2D eigenvalue weighted by Gasteiger charge is -2.18. The summed E-state index contributed by atoms with van der Waals surface area (Å²) in [5.41, 5.74) is -0.133. The minimum Gasteiger partial charge on any atom is -0.313 e. The van der Waals surface area contributed by atoms with Crippen LogP contribution in [0.5, 0.6) is 0 Å². The van der Waals surface area contributed by atoms with Gasteiger partial charge in [0.15, 0.2) is 0 Å². The fraction of sp³-hybridized carbons (Fsp3) is 0.933. The van der Waals surface area contributed by atoms with E-state index in [0.29, 0.717) is 0 Å². The first-order valence-electron chi connectivity index (χ1n) is 7.27. The van der Waals surface area contributed by atoms with Gasteiger partial charge in [-0.15, -0.1) is 0 Å². The molecule has 2 aliphatic carbocycles. The molecule has 96 valence electrons. The predicted octanol–water partition coefficient (Wildman–Crippen LogP) is 3.48. The summed E-state index contributed by atoms with van der Waals surface area (Å²) in [5.74, 6) is 2.00. The Morgan fingerprint density at radius 3 is 2.24 bits per heavy atom. The molecule has 17 heavy (non-hydrogen) atoms. The van der Waals surface area contributed by atoms with Crippen LogP contribution >= 0.6 is 0 Å². The van der Waals surface area contributed by atoms with Crippen LogP contribution in [0.4, 0.5) is 0 Å². The minimum absolute atomic E-state index is 0.133. The fourth-order valence-electron chi connectivity index (χ4n) is 2.65. The Morgan fingerprint density at radius 1 is 1.18 bits per heavy atom. The van der Waals surface area contributed by atoms with Crippen LogP contribution in [0.1, 0.15) is 58.8 Å². The van der Waals surface area contributed by atoms with Gasteiger partial charge < -0.3 is 5.32 Å². The molecule has 1 N–H and O–H groups in total. The molecule has 0 aromatic heterocycles. The molecule has 0 atom stereocenters. The van der Waals surface area contributed by atoms with Gasteiger partial charge in [0, 0.05) is 6.04 Å². The number of nitrogens with one attached hydrogen (secondary N) is 1. The molecule has 0 amide bonds. The summed E-state index contributed by atoms with van der Waals surface area (Å²) in [7, 11) is 0. The maximum Gasteiger partial charge on any atom is 0.0683 e. The number of hydrogen-bond acceptors (Lipinski definition) is 2. The van der Waals surface area contributed by atoms with Crippen molar-refractivity contribution < 1.29 is 0 Å². The highest BCUT2D eigenvalue weighted by Gasteiger charge is 2.40. The van der Waals surface area contributed by atoms with Crippen molar-refractivity contribution in [2.75, 3.05) is 6.54 Å². The van der Waals surface area contributed by atoms with E-state index in [1.165, 1.54) is 38.5 Å². The molecule has 2 aliphatic rings. The molecule has 0 radical (unpaired) electrons. The van der Waals surface area contributed by atoms with Gasteiger partial charge in [-0.05, 0) is 70.8 Å².